The average Bonchev–Trinajstić information content (AvgIpc) is 2.75. The van der Waals surface area contributed by atoms with Gasteiger partial charge in [-0.2, -0.15) is 0 Å². The first-order chi connectivity index (χ1) is 14.7. The number of nitrogens with zero attached hydrogens (tertiary/aromatic N) is 1. The summed E-state index contributed by atoms with van der Waals surface area (Å²) in [5.41, 5.74) is 1.31. The Hall–Kier alpha value is -3.88. The van der Waals surface area contributed by atoms with E-state index in [1.54, 1.807) is 24.3 Å². The molecule has 0 aliphatic carbocycles. The molecule has 0 amide bonds. The molecule has 3 aromatic carbocycles. The first-order valence-corrected chi connectivity index (χ1v) is 9.16. The highest BCUT2D eigenvalue weighted by Crippen LogP contribution is 2.39. The molecule has 9 heteroatoms. The van der Waals surface area contributed by atoms with Gasteiger partial charge in [0.05, 0.1) is 5.56 Å². The van der Waals surface area contributed by atoms with Crippen molar-refractivity contribution >= 4 is 5.97 Å². The Kier molecular flexibility index (Phi) is 5.10. The van der Waals surface area contributed by atoms with E-state index < -0.39 is 46.1 Å². The zero-order chi connectivity index (χ0) is 22.3. The van der Waals surface area contributed by atoms with Gasteiger partial charge in [-0.15, -0.1) is 0 Å². The number of carboxylic acid groups (broad SMARTS) is 1. The smallest absolute Gasteiger partial charge is 0.335 e. The lowest BCUT2D eigenvalue weighted by atomic mass is 9.90. The van der Waals surface area contributed by atoms with Gasteiger partial charge >= 0.3 is 5.97 Å². The zero-order valence-electron chi connectivity index (χ0n) is 15.7. The number of fused-ring (bicyclic) bond motifs is 1. The third-order valence-electron chi connectivity index (χ3n) is 5.15. The maximum absolute atomic E-state index is 14.3. The molecule has 1 aliphatic heterocycles. The van der Waals surface area contributed by atoms with Crippen molar-refractivity contribution in [1.82, 2.24) is 0 Å². The van der Waals surface area contributed by atoms with Crippen LogP contribution in [0.25, 0.3) is 11.1 Å². The molecule has 3 aromatic rings. The van der Waals surface area contributed by atoms with Crippen molar-refractivity contribution < 1.29 is 32.7 Å². The van der Waals surface area contributed by atoms with Crippen LogP contribution in [0.2, 0.25) is 0 Å². The molecule has 158 valence electrons. The van der Waals surface area contributed by atoms with Gasteiger partial charge in [0.2, 0.25) is 0 Å². The zero-order valence-corrected chi connectivity index (χ0v) is 15.7. The van der Waals surface area contributed by atoms with Crippen LogP contribution in [0.5, 0.6) is 5.75 Å². The number of ether oxygens (including phenoxy) is 1. The molecule has 0 bridgehead atoms. The summed E-state index contributed by atoms with van der Waals surface area (Å²) in [6.45, 7) is 0. The number of halogens is 3. The highest BCUT2D eigenvalue weighted by molar-refractivity contribution is 5.89. The van der Waals surface area contributed by atoms with Crippen molar-refractivity contribution in [2.45, 2.75) is 18.6 Å². The van der Waals surface area contributed by atoms with Crippen LogP contribution in [0.4, 0.5) is 13.2 Å². The van der Waals surface area contributed by atoms with E-state index in [1.807, 2.05) is 0 Å². The molecule has 0 saturated heterocycles. The second-order valence-electron chi connectivity index (χ2n) is 7.09. The third kappa shape index (κ3) is 3.81. The van der Waals surface area contributed by atoms with Crippen LogP contribution in [0.3, 0.4) is 0 Å². The van der Waals surface area contributed by atoms with Crippen molar-refractivity contribution in [2.24, 2.45) is 0 Å². The summed E-state index contributed by atoms with van der Waals surface area (Å²) in [4.78, 5) is 22.2. The molecule has 0 aromatic heterocycles. The van der Waals surface area contributed by atoms with Gasteiger partial charge < -0.3 is 9.84 Å². The quantitative estimate of drug-likeness (QED) is 0.366. The SMILES string of the molecule is O=C(O)c1cccc(-c2ccc3c(c2)CC([N+](=O)[O-])C(c2cc(F)c(F)cc2F)O3)c1. The van der Waals surface area contributed by atoms with E-state index in [2.05, 4.69) is 0 Å². The highest BCUT2D eigenvalue weighted by atomic mass is 19.2. The molecule has 0 saturated carbocycles. The molecule has 31 heavy (non-hydrogen) atoms. The number of rotatable bonds is 4. The van der Waals surface area contributed by atoms with Crippen molar-refractivity contribution in [3.63, 3.8) is 0 Å². The summed E-state index contributed by atoms with van der Waals surface area (Å²) < 4.78 is 46.9. The number of carboxylic acids is 1. The Morgan fingerprint density at radius 1 is 1.00 bits per heavy atom. The minimum atomic E-state index is -1.45. The minimum Gasteiger partial charge on any atom is -0.478 e. The number of nitro groups is 1. The van der Waals surface area contributed by atoms with Gasteiger partial charge in [-0.1, -0.05) is 18.2 Å². The fourth-order valence-electron chi connectivity index (χ4n) is 3.62. The fourth-order valence-corrected chi connectivity index (χ4v) is 3.62. The summed E-state index contributed by atoms with van der Waals surface area (Å²) in [5, 5.41) is 20.8. The van der Waals surface area contributed by atoms with Crippen LogP contribution in [0, 0.1) is 27.6 Å². The molecular formula is C22H14F3NO5. The van der Waals surface area contributed by atoms with E-state index >= 15 is 0 Å². The number of hydrogen-bond donors (Lipinski definition) is 1. The van der Waals surface area contributed by atoms with Gasteiger partial charge in [0, 0.05) is 28.5 Å². The average molecular weight is 429 g/mol. The van der Waals surface area contributed by atoms with Crippen LogP contribution >= 0.6 is 0 Å². The van der Waals surface area contributed by atoms with Crippen LogP contribution in [0.1, 0.15) is 27.6 Å². The summed E-state index contributed by atoms with van der Waals surface area (Å²) in [7, 11) is 0. The van der Waals surface area contributed by atoms with E-state index in [0.717, 1.165) is 0 Å². The molecule has 6 nitrogen and oxygen atoms in total. The van der Waals surface area contributed by atoms with Gasteiger partial charge in [0.15, 0.2) is 17.7 Å². The van der Waals surface area contributed by atoms with E-state index in [4.69, 9.17) is 9.84 Å². The van der Waals surface area contributed by atoms with E-state index in [0.29, 0.717) is 28.8 Å². The second-order valence-corrected chi connectivity index (χ2v) is 7.09. The van der Waals surface area contributed by atoms with E-state index in [-0.39, 0.29) is 17.7 Å². The molecule has 0 fully saturated rings. The molecule has 1 heterocycles. The van der Waals surface area contributed by atoms with Crippen molar-refractivity contribution in [3.8, 4) is 16.9 Å². The Balaban J connectivity index is 1.74. The number of aromatic carboxylic acids is 1. The lowest BCUT2D eigenvalue weighted by molar-refractivity contribution is -0.535. The van der Waals surface area contributed by atoms with Gasteiger partial charge in [0.25, 0.3) is 6.04 Å². The molecule has 0 spiro atoms. The van der Waals surface area contributed by atoms with Crippen molar-refractivity contribution in [2.75, 3.05) is 0 Å². The Morgan fingerprint density at radius 2 is 1.71 bits per heavy atom. The maximum atomic E-state index is 14.3. The first kappa shape index (κ1) is 20.4. The van der Waals surface area contributed by atoms with Gasteiger partial charge in [-0.3, -0.25) is 10.1 Å². The highest BCUT2D eigenvalue weighted by Gasteiger charge is 2.41. The molecule has 2 atom stereocenters. The van der Waals surface area contributed by atoms with E-state index in [1.165, 1.54) is 18.2 Å². The number of hydrogen-bond acceptors (Lipinski definition) is 4. The second kappa shape index (κ2) is 7.75. The van der Waals surface area contributed by atoms with Gasteiger partial charge in [-0.05, 0) is 41.5 Å². The van der Waals surface area contributed by atoms with Crippen molar-refractivity contribution in [1.29, 1.82) is 0 Å². The lowest BCUT2D eigenvalue weighted by Gasteiger charge is -2.29. The van der Waals surface area contributed by atoms with Crippen LogP contribution in [0.15, 0.2) is 54.6 Å². The summed E-state index contributed by atoms with van der Waals surface area (Å²) in [6, 6.07) is 10.4. The van der Waals surface area contributed by atoms with Crippen molar-refractivity contribution in [3.05, 3.63) is 98.9 Å². The normalized spacial score (nSPS) is 17.5. The lowest BCUT2D eigenvalue weighted by Crippen LogP contribution is -2.37. The summed E-state index contributed by atoms with van der Waals surface area (Å²) in [5.74, 6) is -4.72. The molecule has 1 N–H and O–H groups in total. The van der Waals surface area contributed by atoms with Crippen LogP contribution in [-0.4, -0.2) is 22.0 Å². The Bertz CT molecular complexity index is 1210. The first-order valence-electron chi connectivity index (χ1n) is 9.16. The number of benzene rings is 3. The van der Waals surface area contributed by atoms with Gasteiger partial charge in [0.1, 0.15) is 11.6 Å². The topological polar surface area (TPSA) is 89.7 Å². The third-order valence-corrected chi connectivity index (χ3v) is 5.15. The largest absolute Gasteiger partial charge is 0.478 e. The molecule has 1 aliphatic rings. The van der Waals surface area contributed by atoms with E-state index in [9.17, 15) is 28.1 Å². The Labute approximate surface area is 173 Å². The van der Waals surface area contributed by atoms with Crippen LogP contribution < -0.4 is 4.74 Å². The van der Waals surface area contributed by atoms with Crippen LogP contribution in [-0.2, 0) is 6.42 Å². The summed E-state index contributed by atoms with van der Waals surface area (Å²) >= 11 is 0. The number of carbonyl (C=O) groups is 1. The maximum Gasteiger partial charge on any atom is 0.335 e. The molecule has 2 unspecified atom stereocenters. The summed E-state index contributed by atoms with van der Waals surface area (Å²) in [6.07, 6.45) is -1.59. The Morgan fingerprint density at radius 3 is 2.42 bits per heavy atom. The monoisotopic (exact) mass is 429 g/mol. The predicted octanol–water partition coefficient (Wildman–Crippen LogP) is 4.79. The predicted molar refractivity (Wildman–Crippen MR) is 103 cm³/mol. The van der Waals surface area contributed by atoms with Gasteiger partial charge in [-0.25, -0.2) is 18.0 Å². The molecule has 4 rings (SSSR count). The molecular weight excluding hydrogens is 415 g/mol. The minimum absolute atomic E-state index is 0.0866. The molecule has 0 radical (unpaired) electrons. The standard InChI is InChI=1S/C22H14F3NO5/c23-16-10-18(25)17(24)9-15(16)21-19(26(29)30)8-14-7-12(4-5-20(14)31-21)11-2-1-3-13(6-11)22(27)28/h1-7,9-10,19,21H,8H2,(H,27,28). The fraction of sp³-hybridized carbons (Fsp3) is 0.136.